The molecule has 0 aliphatic rings. The Hall–Kier alpha value is -1.63. The van der Waals surface area contributed by atoms with Crippen molar-refractivity contribution in [2.24, 2.45) is 5.73 Å². The van der Waals surface area contributed by atoms with Gasteiger partial charge < -0.3 is 11.1 Å². The highest BCUT2D eigenvalue weighted by atomic mass is 16.6. The van der Waals surface area contributed by atoms with Crippen LogP contribution in [0, 0.1) is 17.0 Å². The summed E-state index contributed by atoms with van der Waals surface area (Å²) in [6.07, 6.45) is 0.749. The topological polar surface area (TPSA) is 99.0 Å². The van der Waals surface area contributed by atoms with Gasteiger partial charge in [0.1, 0.15) is 5.69 Å². The molecule has 1 atom stereocenters. The van der Waals surface area contributed by atoms with Crippen LogP contribution in [0.25, 0.3) is 0 Å². The number of nitro groups is 1. The Morgan fingerprint density at radius 1 is 1.50 bits per heavy atom. The van der Waals surface area contributed by atoms with Gasteiger partial charge in [0.15, 0.2) is 0 Å². The number of aromatic nitrogens is 2. The number of hydrogen-bond donors (Lipinski definition) is 2. The number of nitrogens with zero attached hydrogens (tertiary/aromatic N) is 3. The minimum atomic E-state index is -0.393. The Morgan fingerprint density at radius 3 is 2.56 bits per heavy atom. The van der Waals surface area contributed by atoms with E-state index in [0.717, 1.165) is 6.42 Å². The SMILES string of the molecule is Cc1nn(C(C)C)c(NCCC(C)N)c1[N+](=O)[O-]. The lowest BCUT2D eigenvalue weighted by atomic mass is 10.2. The Kier molecular flexibility index (Phi) is 4.66. The molecule has 0 saturated carbocycles. The molecule has 1 unspecified atom stereocenters. The predicted molar refractivity (Wildman–Crippen MR) is 70.8 cm³/mol. The van der Waals surface area contributed by atoms with E-state index in [1.807, 2.05) is 20.8 Å². The van der Waals surface area contributed by atoms with E-state index in [0.29, 0.717) is 18.1 Å². The summed E-state index contributed by atoms with van der Waals surface area (Å²) in [5.74, 6) is 0.466. The van der Waals surface area contributed by atoms with Crippen molar-refractivity contribution in [2.45, 2.75) is 46.2 Å². The van der Waals surface area contributed by atoms with Crippen molar-refractivity contribution >= 4 is 11.5 Å². The van der Waals surface area contributed by atoms with Gasteiger partial charge in [-0.2, -0.15) is 5.10 Å². The Morgan fingerprint density at radius 2 is 2.11 bits per heavy atom. The van der Waals surface area contributed by atoms with Crippen LogP contribution >= 0.6 is 0 Å². The Bertz CT molecular complexity index is 425. The second-order valence-corrected chi connectivity index (χ2v) is 4.77. The molecular formula is C11H21N5O2. The predicted octanol–water partition coefficient (Wildman–Crippen LogP) is 1.83. The fourth-order valence-corrected chi connectivity index (χ4v) is 1.71. The molecule has 0 aromatic carbocycles. The van der Waals surface area contributed by atoms with E-state index in [1.54, 1.807) is 11.6 Å². The normalized spacial score (nSPS) is 12.8. The molecule has 0 bridgehead atoms. The summed E-state index contributed by atoms with van der Waals surface area (Å²) in [6.45, 7) is 8.02. The lowest BCUT2D eigenvalue weighted by Crippen LogP contribution is -2.20. The number of nitrogens with two attached hydrogens (primary N) is 1. The van der Waals surface area contributed by atoms with Crippen molar-refractivity contribution in [3.8, 4) is 0 Å². The van der Waals surface area contributed by atoms with E-state index in [1.165, 1.54) is 0 Å². The number of aryl methyl sites for hydroxylation is 1. The smallest absolute Gasteiger partial charge is 0.333 e. The van der Waals surface area contributed by atoms with Gasteiger partial charge in [0.25, 0.3) is 0 Å². The molecule has 1 heterocycles. The van der Waals surface area contributed by atoms with Crippen molar-refractivity contribution < 1.29 is 4.92 Å². The third-order valence-corrected chi connectivity index (χ3v) is 2.62. The number of anilines is 1. The monoisotopic (exact) mass is 255 g/mol. The molecule has 1 rings (SSSR count). The maximum absolute atomic E-state index is 11.1. The fraction of sp³-hybridized carbons (Fsp3) is 0.727. The van der Waals surface area contributed by atoms with E-state index < -0.39 is 4.92 Å². The van der Waals surface area contributed by atoms with Gasteiger partial charge in [-0.15, -0.1) is 0 Å². The molecule has 0 aliphatic carbocycles. The molecule has 0 fully saturated rings. The van der Waals surface area contributed by atoms with Crippen molar-refractivity contribution in [1.82, 2.24) is 9.78 Å². The maximum Gasteiger partial charge on any atom is 0.333 e. The first-order valence-electron chi connectivity index (χ1n) is 6.07. The van der Waals surface area contributed by atoms with Crippen LogP contribution in [0.3, 0.4) is 0 Å². The molecule has 102 valence electrons. The molecule has 1 aromatic rings. The quantitative estimate of drug-likeness (QED) is 0.596. The highest BCUT2D eigenvalue weighted by Gasteiger charge is 2.26. The molecular weight excluding hydrogens is 234 g/mol. The van der Waals surface area contributed by atoms with Gasteiger partial charge in [-0.05, 0) is 34.1 Å². The second kappa shape index (κ2) is 5.81. The molecule has 7 heteroatoms. The summed E-state index contributed by atoms with van der Waals surface area (Å²) >= 11 is 0. The van der Waals surface area contributed by atoms with Gasteiger partial charge in [-0.25, -0.2) is 4.68 Å². The minimum absolute atomic E-state index is 0.0494. The molecule has 1 aromatic heterocycles. The van der Waals surface area contributed by atoms with Gasteiger partial charge in [0.2, 0.25) is 5.82 Å². The van der Waals surface area contributed by atoms with E-state index in [9.17, 15) is 10.1 Å². The van der Waals surface area contributed by atoms with E-state index in [2.05, 4.69) is 10.4 Å². The lowest BCUT2D eigenvalue weighted by molar-refractivity contribution is -0.384. The van der Waals surface area contributed by atoms with Crippen molar-refractivity contribution in [1.29, 1.82) is 0 Å². The summed E-state index contributed by atoms with van der Waals surface area (Å²) in [6, 6.07) is 0.128. The Balaban J connectivity index is 3.01. The van der Waals surface area contributed by atoms with Crippen molar-refractivity contribution in [3.05, 3.63) is 15.8 Å². The van der Waals surface area contributed by atoms with E-state index in [-0.39, 0.29) is 17.8 Å². The number of rotatable bonds is 6. The molecule has 3 N–H and O–H groups in total. The molecule has 18 heavy (non-hydrogen) atoms. The maximum atomic E-state index is 11.1. The van der Waals surface area contributed by atoms with E-state index in [4.69, 9.17) is 5.73 Å². The first-order chi connectivity index (χ1) is 8.34. The first-order valence-corrected chi connectivity index (χ1v) is 6.07. The molecule has 0 radical (unpaired) electrons. The summed E-state index contributed by atoms with van der Waals surface area (Å²) in [4.78, 5) is 10.7. The summed E-state index contributed by atoms with van der Waals surface area (Å²) in [5, 5.41) is 18.3. The molecule has 7 nitrogen and oxygen atoms in total. The zero-order valence-corrected chi connectivity index (χ0v) is 11.3. The van der Waals surface area contributed by atoms with Crippen molar-refractivity contribution in [3.63, 3.8) is 0 Å². The van der Waals surface area contributed by atoms with Crippen LogP contribution < -0.4 is 11.1 Å². The van der Waals surface area contributed by atoms with Gasteiger partial charge >= 0.3 is 5.69 Å². The molecule has 0 saturated heterocycles. The van der Waals surface area contributed by atoms with Crippen LogP contribution in [0.2, 0.25) is 0 Å². The van der Waals surface area contributed by atoms with Gasteiger partial charge in [0, 0.05) is 18.6 Å². The van der Waals surface area contributed by atoms with Gasteiger partial charge in [-0.1, -0.05) is 0 Å². The zero-order chi connectivity index (χ0) is 13.9. The van der Waals surface area contributed by atoms with Crippen LogP contribution in [-0.2, 0) is 0 Å². The van der Waals surface area contributed by atoms with Crippen LogP contribution in [0.5, 0.6) is 0 Å². The van der Waals surface area contributed by atoms with Crippen molar-refractivity contribution in [2.75, 3.05) is 11.9 Å². The van der Waals surface area contributed by atoms with Gasteiger partial charge in [-0.3, -0.25) is 10.1 Å². The number of hydrogen-bond acceptors (Lipinski definition) is 5. The van der Waals surface area contributed by atoms with Crippen LogP contribution in [0.4, 0.5) is 11.5 Å². The zero-order valence-electron chi connectivity index (χ0n) is 11.3. The average molecular weight is 255 g/mol. The third-order valence-electron chi connectivity index (χ3n) is 2.62. The average Bonchev–Trinajstić information content (AvgIpc) is 2.55. The summed E-state index contributed by atoms with van der Waals surface area (Å²) < 4.78 is 1.65. The molecule has 0 spiro atoms. The van der Waals surface area contributed by atoms with Gasteiger partial charge in [0.05, 0.1) is 4.92 Å². The second-order valence-electron chi connectivity index (χ2n) is 4.77. The van der Waals surface area contributed by atoms with Crippen LogP contribution in [0.15, 0.2) is 0 Å². The molecule has 0 amide bonds. The third kappa shape index (κ3) is 3.19. The largest absolute Gasteiger partial charge is 0.364 e. The Labute approximate surface area is 107 Å². The summed E-state index contributed by atoms with van der Waals surface area (Å²) in [7, 11) is 0. The van der Waals surface area contributed by atoms with Crippen LogP contribution in [0.1, 0.15) is 38.9 Å². The molecule has 0 aliphatic heterocycles. The first kappa shape index (κ1) is 14.4. The highest BCUT2D eigenvalue weighted by molar-refractivity contribution is 5.59. The van der Waals surface area contributed by atoms with E-state index >= 15 is 0 Å². The van der Waals surface area contributed by atoms with Crippen LogP contribution in [-0.4, -0.2) is 27.3 Å². The summed E-state index contributed by atoms with van der Waals surface area (Å²) in [5.41, 5.74) is 6.14. The lowest BCUT2D eigenvalue weighted by Gasteiger charge is -2.12. The number of nitrogens with one attached hydrogen (secondary N) is 1. The standard InChI is InChI=1S/C11H21N5O2/c1-7(2)15-11(13-6-5-8(3)12)10(16(17)18)9(4)14-15/h7-8,13H,5-6,12H2,1-4H3. The fourth-order valence-electron chi connectivity index (χ4n) is 1.71. The highest BCUT2D eigenvalue weighted by Crippen LogP contribution is 2.30. The minimum Gasteiger partial charge on any atom is -0.364 e.